The molecule has 1 aromatic carbocycles. The zero-order chi connectivity index (χ0) is 14.7. The van der Waals surface area contributed by atoms with Gasteiger partial charge in [0.2, 0.25) is 0 Å². The highest BCUT2D eigenvalue weighted by Crippen LogP contribution is 2.27. The monoisotopic (exact) mass is 292 g/mol. The Hall–Kier alpha value is -1.68. The van der Waals surface area contributed by atoms with Gasteiger partial charge in [-0.05, 0) is 38.0 Å². The first-order valence-corrected chi connectivity index (χ1v) is 7.25. The fraction of sp³-hybridized carbons (Fsp3) is 0.400. The maximum Gasteiger partial charge on any atom is 0.148 e. The van der Waals surface area contributed by atoms with Gasteiger partial charge in [0.05, 0.1) is 17.4 Å². The third-order valence-electron chi connectivity index (χ3n) is 3.33. The molecular weight excluding hydrogens is 272 g/mol. The molecule has 0 aliphatic carbocycles. The average molecular weight is 293 g/mol. The summed E-state index contributed by atoms with van der Waals surface area (Å²) in [5, 5.41) is 8.66. The summed E-state index contributed by atoms with van der Waals surface area (Å²) in [6, 6.07) is 7.97. The number of rotatable bonds is 5. The molecule has 0 bridgehead atoms. The number of aromatic nitrogens is 2. The van der Waals surface area contributed by atoms with Crippen LogP contribution in [0.15, 0.2) is 24.3 Å². The Bertz CT molecular complexity index is 574. The topological polar surface area (TPSA) is 55.9 Å². The fourth-order valence-corrected chi connectivity index (χ4v) is 2.29. The second kappa shape index (κ2) is 6.18. The quantitative estimate of drug-likeness (QED) is 0.875. The van der Waals surface area contributed by atoms with Crippen molar-refractivity contribution in [3.63, 3.8) is 0 Å². The fourth-order valence-electron chi connectivity index (χ4n) is 2.16. The predicted octanol–water partition coefficient (Wildman–Crippen LogP) is 4.01. The van der Waals surface area contributed by atoms with Crippen molar-refractivity contribution in [3.05, 3.63) is 40.5 Å². The minimum atomic E-state index is 0.140. The van der Waals surface area contributed by atoms with Crippen molar-refractivity contribution in [2.45, 2.75) is 39.8 Å². The van der Waals surface area contributed by atoms with Gasteiger partial charge in [-0.3, -0.25) is 0 Å². The molecule has 5 heteroatoms. The lowest BCUT2D eigenvalue weighted by Gasteiger charge is -2.17. The number of aryl methyl sites for hydroxylation is 2. The van der Waals surface area contributed by atoms with E-state index in [0.717, 1.165) is 40.8 Å². The number of anilines is 2. The van der Waals surface area contributed by atoms with Gasteiger partial charge in [-0.25, -0.2) is 4.68 Å². The molecule has 2 rings (SSSR count). The van der Waals surface area contributed by atoms with Crippen molar-refractivity contribution in [2.75, 3.05) is 11.1 Å². The summed E-state index contributed by atoms with van der Waals surface area (Å²) in [5.41, 5.74) is 8.87. The van der Waals surface area contributed by atoms with Crippen molar-refractivity contribution in [1.82, 2.24) is 9.78 Å². The Morgan fingerprint density at radius 2 is 2.00 bits per heavy atom. The lowest BCUT2D eigenvalue weighted by molar-refractivity contribution is 0.599. The standard InChI is InChI=1S/C15H21ClN4/c1-4-9-20-15(14(17)11(3)19-20)18-10(2)12-5-7-13(16)8-6-12/h5-8,10,18H,4,9,17H2,1-3H3. The Kier molecular flexibility index (Phi) is 4.55. The molecule has 1 atom stereocenters. The summed E-state index contributed by atoms with van der Waals surface area (Å²) in [6.07, 6.45) is 1.02. The molecule has 108 valence electrons. The number of nitrogen functional groups attached to an aromatic ring is 1. The van der Waals surface area contributed by atoms with Gasteiger partial charge in [0.1, 0.15) is 5.82 Å². The molecule has 3 N–H and O–H groups in total. The molecule has 1 heterocycles. The molecule has 0 spiro atoms. The van der Waals surface area contributed by atoms with Crippen LogP contribution in [0, 0.1) is 6.92 Å². The number of benzene rings is 1. The first-order valence-electron chi connectivity index (χ1n) is 6.87. The van der Waals surface area contributed by atoms with E-state index in [9.17, 15) is 0 Å². The molecule has 0 aliphatic rings. The molecule has 0 saturated carbocycles. The van der Waals surface area contributed by atoms with Gasteiger partial charge >= 0.3 is 0 Å². The van der Waals surface area contributed by atoms with Gasteiger partial charge in [0, 0.05) is 11.6 Å². The lowest BCUT2D eigenvalue weighted by Crippen LogP contribution is -2.13. The second-order valence-corrected chi connectivity index (χ2v) is 5.42. The van der Waals surface area contributed by atoms with Crippen LogP contribution in [-0.4, -0.2) is 9.78 Å². The van der Waals surface area contributed by atoms with E-state index in [1.807, 2.05) is 35.9 Å². The van der Waals surface area contributed by atoms with E-state index in [4.69, 9.17) is 17.3 Å². The number of halogens is 1. The SMILES string of the molecule is CCCn1nc(C)c(N)c1NC(C)c1ccc(Cl)cc1. The Balaban J connectivity index is 2.22. The van der Waals surface area contributed by atoms with Crippen LogP contribution in [0.3, 0.4) is 0 Å². The molecule has 0 aliphatic heterocycles. The molecule has 0 amide bonds. The van der Waals surface area contributed by atoms with Crippen LogP contribution in [0.5, 0.6) is 0 Å². The van der Waals surface area contributed by atoms with Crippen molar-refractivity contribution >= 4 is 23.1 Å². The molecule has 4 nitrogen and oxygen atoms in total. The summed E-state index contributed by atoms with van der Waals surface area (Å²) >= 11 is 5.92. The Morgan fingerprint density at radius 1 is 1.35 bits per heavy atom. The van der Waals surface area contributed by atoms with E-state index < -0.39 is 0 Å². The van der Waals surface area contributed by atoms with E-state index in [-0.39, 0.29) is 6.04 Å². The van der Waals surface area contributed by atoms with Crippen LogP contribution in [0.4, 0.5) is 11.5 Å². The molecule has 1 aromatic heterocycles. The third kappa shape index (κ3) is 3.07. The highest BCUT2D eigenvalue weighted by Gasteiger charge is 2.15. The maximum atomic E-state index is 6.12. The minimum Gasteiger partial charge on any atom is -0.394 e. The second-order valence-electron chi connectivity index (χ2n) is 4.99. The summed E-state index contributed by atoms with van der Waals surface area (Å²) in [4.78, 5) is 0. The van der Waals surface area contributed by atoms with Crippen molar-refractivity contribution < 1.29 is 0 Å². The number of nitrogens with zero attached hydrogens (tertiary/aromatic N) is 2. The Morgan fingerprint density at radius 3 is 2.60 bits per heavy atom. The van der Waals surface area contributed by atoms with Gasteiger partial charge in [-0.2, -0.15) is 5.10 Å². The predicted molar refractivity (Wildman–Crippen MR) is 85.2 cm³/mol. The molecular formula is C15H21ClN4. The minimum absolute atomic E-state index is 0.140. The molecule has 20 heavy (non-hydrogen) atoms. The first-order chi connectivity index (χ1) is 9.52. The van der Waals surface area contributed by atoms with Gasteiger partial charge in [-0.1, -0.05) is 30.7 Å². The summed E-state index contributed by atoms with van der Waals surface area (Å²) in [6.45, 7) is 7.01. The summed E-state index contributed by atoms with van der Waals surface area (Å²) in [5.74, 6) is 0.895. The van der Waals surface area contributed by atoms with E-state index >= 15 is 0 Å². The first kappa shape index (κ1) is 14.7. The molecule has 0 radical (unpaired) electrons. The normalized spacial score (nSPS) is 12.4. The molecule has 1 unspecified atom stereocenters. The number of nitrogens with two attached hydrogens (primary N) is 1. The van der Waals surface area contributed by atoms with Crippen molar-refractivity contribution in [2.24, 2.45) is 0 Å². The van der Waals surface area contributed by atoms with Gasteiger partial charge in [0.25, 0.3) is 0 Å². The zero-order valence-corrected chi connectivity index (χ0v) is 12.9. The lowest BCUT2D eigenvalue weighted by atomic mass is 10.1. The largest absolute Gasteiger partial charge is 0.394 e. The van der Waals surface area contributed by atoms with Gasteiger partial charge < -0.3 is 11.1 Å². The summed E-state index contributed by atoms with van der Waals surface area (Å²) < 4.78 is 1.94. The zero-order valence-electron chi connectivity index (χ0n) is 12.2. The van der Waals surface area contributed by atoms with Crippen LogP contribution in [-0.2, 0) is 6.54 Å². The third-order valence-corrected chi connectivity index (χ3v) is 3.58. The highest BCUT2D eigenvalue weighted by atomic mass is 35.5. The molecule has 0 saturated heterocycles. The highest BCUT2D eigenvalue weighted by molar-refractivity contribution is 6.30. The van der Waals surface area contributed by atoms with E-state index in [2.05, 4.69) is 24.3 Å². The van der Waals surface area contributed by atoms with E-state index in [0.29, 0.717) is 0 Å². The Labute approximate surface area is 124 Å². The van der Waals surface area contributed by atoms with E-state index in [1.54, 1.807) is 0 Å². The van der Waals surface area contributed by atoms with Crippen LogP contribution < -0.4 is 11.1 Å². The van der Waals surface area contributed by atoms with Crippen molar-refractivity contribution in [1.29, 1.82) is 0 Å². The smallest absolute Gasteiger partial charge is 0.148 e. The van der Waals surface area contributed by atoms with E-state index in [1.165, 1.54) is 0 Å². The number of hydrogen-bond acceptors (Lipinski definition) is 3. The van der Waals surface area contributed by atoms with Crippen LogP contribution in [0.2, 0.25) is 5.02 Å². The van der Waals surface area contributed by atoms with Gasteiger partial charge in [0.15, 0.2) is 0 Å². The van der Waals surface area contributed by atoms with Crippen molar-refractivity contribution in [3.8, 4) is 0 Å². The number of hydrogen-bond donors (Lipinski definition) is 2. The molecule has 0 fully saturated rings. The molecule has 2 aromatic rings. The van der Waals surface area contributed by atoms with Crippen LogP contribution in [0.1, 0.15) is 37.6 Å². The van der Waals surface area contributed by atoms with Crippen LogP contribution in [0.25, 0.3) is 0 Å². The van der Waals surface area contributed by atoms with Crippen LogP contribution >= 0.6 is 11.6 Å². The summed E-state index contributed by atoms with van der Waals surface area (Å²) in [7, 11) is 0. The van der Waals surface area contributed by atoms with Gasteiger partial charge in [-0.15, -0.1) is 0 Å². The maximum absolute atomic E-state index is 6.12. The average Bonchev–Trinajstić information content (AvgIpc) is 2.68. The number of nitrogens with one attached hydrogen (secondary N) is 1.